The predicted molar refractivity (Wildman–Crippen MR) is 116 cm³/mol. The maximum Gasteiger partial charge on any atom is 0.326 e. The number of esters is 1. The Kier molecular flexibility index (Phi) is 10.0. The van der Waals surface area contributed by atoms with Gasteiger partial charge in [0, 0.05) is 6.61 Å². The maximum absolute atomic E-state index is 13.0. The summed E-state index contributed by atoms with van der Waals surface area (Å²) in [6.07, 6.45) is -3.84. The normalized spacial score (nSPS) is 22.4. The third kappa shape index (κ3) is 7.60. The first-order chi connectivity index (χ1) is 15.5. The summed E-state index contributed by atoms with van der Waals surface area (Å²) in [7, 11) is -3.11. The van der Waals surface area contributed by atoms with Crippen molar-refractivity contribution in [3.05, 3.63) is 24.3 Å². The van der Waals surface area contributed by atoms with Gasteiger partial charge in [0.1, 0.15) is 36.7 Å². The molecule has 0 aliphatic carbocycles. The van der Waals surface area contributed by atoms with E-state index in [0.717, 1.165) is 7.11 Å². The van der Waals surface area contributed by atoms with E-state index in [4.69, 9.17) is 23.7 Å². The molecule has 0 radical (unpaired) electrons. The van der Waals surface area contributed by atoms with Crippen molar-refractivity contribution in [3.8, 4) is 5.75 Å². The fraction of sp³-hybridized carbons (Fsp3) is 0.667. The summed E-state index contributed by atoms with van der Waals surface area (Å²) in [5, 5.41) is 19.6. The lowest BCUT2D eigenvalue weighted by molar-refractivity contribution is -0.249. The Bertz CT molecular complexity index is 858. The number of methoxy groups -OCH3 is 1. The number of aliphatic hydroxyl groups excluding tert-OH is 2. The van der Waals surface area contributed by atoms with Crippen molar-refractivity contribution in [3.63, 3.8) is 0 Å². The summed E-state index contributed by atoms with van der Waals surface area (Å²) in [4.78, 5) is 12.4. The van der Waals surface area contributed by atoms with E-state index in [1.54, 1.807) is 13.8 Å². The molecule has 1 aliphatic rings. The van der Waals surface area contributed by atoms with E-state index < -0.39 is 52.6 Å². The zero-order valence-electron chi connectivity index (χ0n) is 19.2. The van der Waals surface area contributed by atoms with Crippen molar-refractivity contribution in [2.75, 3.05) is 40.1 Å². The predicted octanol–water partition coefficient (Wildman–Crippen LogP) is -0.162. The molecule has 1 saturated heterocycles. The third-order valence-electron chi connectivity index (χ3n) is 4.87. The highest BCUT2D eigenvalue weighted by atomic mass is 32.2. The number of aliphatic hydroxyl groups is 2. The molecule has 0 aromatic heterocycles. The molecule has 2 rings (SSSR count). The average molecular weight is 492 g/mol. The molecule has 0 amide bonds. The van der Waals surface area contributed by atoms with Gasteiger partial charge in [-0.1, -0.05) is 0 Å². The Morgan fingerprint density at radius 1 is 1.24 bits per heavy atom. The molecule has 33 heavy (non-hydrogen) atoms. The van der Waals surface area contributed by atoms with Crippen LogP contribution in [-0.2, 0) is 33.8 Å². The van der Waals surface area contributed by atoms with Crippen LogP contribution >= 0.6 is 0 Å². The van der Waals surface area contributed by atoms with Crippen LogP contribution in [0.15, 0.2) is 29.2 Å². The van der Waals surface area contributed by atoms with Gasteiger partial charge in [-0.3, -0.25) is 4.79 Å². The summed E-state index contributed by atoms with van der Waals surface area (Å²) >= 11 is 0. The number of carbonyl (C=O) groups excluding carboxylic acids is 1. The first-order valence-corrected chi connectivity index (χ1v) is 12.0. The summed E-state index contributed by atoms with van der Waals surface area (Å²) in [6, 6.07) is 4.07. The van der Waals surface area contributed by atoms with Gasteiger partial charge in [0.25, 0.3) is 0 Å². The minimum Gasteiger partial charge on any atom is -0.491 e. The second-order valence-electron chi connectivity index (χ2n) is 8.01. The quantitative estimate of drug-likeness (QED) is 0.266. The molecule has 1 aromatic carbocycles. The average Bonchev–Trinajstić information content (AvgIpc) is 2.79. The van der Waals surface area contributed by atoms with Crippen LogP contribution in [0.4, 0.5) is 0 Å². The van der Waals surface area contributed by atoms with Crippen LogP contribution in [0.25, 0.3) is 0 Å². The number of nitrogens with one attached hydrogen (secondary N) is 1. The fourth-order valence-corrected chi connectivity index (χ4v) is 4.44. The maximum atomic E-state index is 13.0. The zero-order chi connectivity index (χ0) is 24.6. The van der Waals surface area contributed by atoms with Crippen molar-refractivity contribution in [1.82, 2.24) is 4.72 Å². The molecule has 188 valence electrons. The lowest BCUT2D eigenvalue weighted by atomic mass is 9.97. The van der Waals surface area contributed by atoms with Crippen LogP contribution in [0.5, 0.6) is 5.75 Å². The van der Waals surface area contributed by atoms with Crippen LogP contribution in [-0.4, -0.2) is 94.7 Å². The molecule has 4 atom stereocenters. The number of rotatable bonds is 12. The van der Waals surface area contributed by atoms with Crippen molar-refractivity contribution in [2.24, 2.45) is 0 Å². The van der Waals surface area contributed by atoms with E-state index in [0.29, 0.717) is 25.6 Å². The van der Waals surface area contributed by atoms with E-state index in [-0.39, 0.29) is 11.5 Å². The zero-order valence-corrected chi connectivity index (χ0v) is 20.0. The molecule has 0 unspecified atom stereocenters. The molecular weight excluding hydrogens is 458 g/mol. The van der Waals surface area contributed by atoms with Gasteiger partial charge in [-0.25, -0.2) is 8.42 Å². The van der Waals surface area contributed by atoms with E-state index in [1.165, 1.54) is 24.3 Å². The Morgan fingerprint density at radius 2 is 1.91 bits per heavy atom. The van der Waals surface area contributed by atoms with Crippen LogP contribution in [0.3, 0.4) is 0 Å². The molecule has 1 aliphatic heterocycles. The fourth-order valence-electron chi connectivity index (χ4n) is 3.24. The molecule has 1 aromatic rings. The van der Waals surface area contributed by atoms with Crippen molar-refractivity contribution >= 4 is 16.0 Å². The molecular formula is C21H33NO10S. The Balaban J connectivity index is 2.24. The SMILES string of the molecule is CCOCCOc1ccc(S(=O)(=O)N[C@@H](C(=O)OC)[C@H]2OC(C)(C)CO[C@@H]2[C@@H](O)CO)cc1. The summed E-state index contributed by atoms with van der Waals surface area (Å²) in [6.45, 7) is 5.92. The van der Waals surface area contributed by atoms with Crippen LogP contribution in [0.1, 0.15) is 20.8 Å². The summed E-state index contributed by atoms with van der Waals surface area (Å²) in [5.41, 5.74) is -0.880. The Hall–Kier alpha value is -1.80. The first-order valence-electron chi connectivity index (χ1n) is 10.5. The number of hydrogen-bond donors (Lipinski definition) is 3. The van der Waals surface area contributed by atoms with Gasteiger partial charge in [-0.15, -0.1) is 0 Å². The Labute approximate surface area is 194 Å². The second kappa shape index (κ2) is 12.1. The molecule has 0 spiro atoms. The molecule has 11 nitrogen and oxygen atoms in total. The van der Waals surface area contributed by atoms with Crippen molar-refractivity contribution in [2.45, 2.75) is 55.6 Å². The summed E-state index contributed by atoms with van der Waals surface area (Å²) in [5.74, 6) is -0.481. The molecule has 1 fully saturated rings. The highest BCUT2D eigenvalue weighted by Crippen LogP contribution is 2.28. The van der Waals surface area contributed by atoms with E-state index >= 15 is 0 Å². The topological polar surface area (TPSA) is 150 Å². The smallest absolute Gasteiger partial charge is 0.326 e. The van der Waals surface area contributed by atoms with Crippen molar-refractivity contribution in [1.29, 1.82) is 0 Å². The van der Waals surface area contributed by atoms with Crippen LogP contribution in [0, 0.1) is 0 Å². The molecule has 0 bridgehead atoms. The number of benzene rings is 1. The molecule has 12 heteroatoms. The number of hydrogen-bond acceptors (Lipinski definition) is 10. The second-order valence-corrected chi connectivity index (χ2v) is 9.72. The van der Waals surface area contributed by atoms with E-state index in [9.17, 15) is 23.4 Å². The van der Waals surface area contributed by atoms with Gasteiger partial charge < -0.3 is 33.9 Å². The van der Waals surface area contributed by atoms with Gasteiger partial charge in [0.2, 0.25) is 10.0 Å². The molecule has 1 heterocycles. The monoisotopic (exact) mass is 491 g/mol. The van der Waals surface area contributed by atoms with Crippen LogP contribution in [0.2, 0.25) is 0 Å². The highest BCUT2D eigenvalue weighted by molar-refractivity contribution is 7.89. The summed E-state index contributed by atoms with van der Waals surface area (Å²) < 4.78 is 55.3. The minimum atomic E-state index is -4.21. The number of ether oxygens (including phenoxy) is 5. The first kappa shape index (κ1) is 27.4. The number of carbonyl (C=O) groups is 1. The minimum absolute atomic E-state index is 0.0661. The standard InChI is InChI=1S/C21H33NO10S/c1-5-29-10-11-30-14-6-8-15(9-7-14)33(26,27)22-17(20(25)28-4)19-18(16(24)12-23)31-13-21(2,3)32-19/h6-9,16-19,22-24H,5,10-13H2,1-4H3/t16-,17+,18+,19+/m0/s1. The Morgan fingerprint density at radius 3 is 2.48 bits per heavy atom. The molecule has 0 saturated carbocycles. The van der Waals surface area contributed by atoms with E-state index in [1.807, 2.05) is 6.92 Å². The highest BCUT2D eigenvalue weighted by Gasteiger charge is 2.48. The van der Waals surface area contributed by atoms with Gasteiger partial charge >= 0.3 is 5.97 Å². The third-order valence-corrected chi connectivity index (χ3v) is 6.33. The van der Waals surface area contributed by atoms with Gasteiger partial charge in [-0.2, -0.15) is 4.72 Å². The lowest BCUT2D eigenvalue weighted by Crippen LogP contribution is -2.63. The van der Waals surface area contributed by atoms with E-state index in [2.05, 4.69) is 4.72 Å². The van der Waals surface area contributed by atoms with Gasteiger partial charge in [0.15, 0.2) is 0 Å². The van der Waals surface area contributed by atoms with Crippen molar-refractivity contribution < 1.29 is 47.1 Å². The van der Waals surface area contributed by atoms with Gasteiger partial charge in [-0.05, 0) is 45.0 Å². The molecule has 3 N–H and O–H groups in total. The largest absolute Gasteiger partial charge is 0.491 e. The number of sulfonamides is 1. The lowest BCUT2D eigenvalue weighted by Gasteiger charge is -2.44. The van der Waals surface area contributed by atoms with Crippen LogP contribution < -0.4 is 9.46 Å². The van der Waals surface area contributed by atoms with Gasteiger partial charge in [0.05, 0.1) is 37.4 Å².